The molecule has 6 heteroatoms. The number of halogens is 3. The van der Waals surface area contributed by atoms with Gasteiger partial charge in [-0.1, -0.05) is 0 Å². The van der Waals surface area contributed by atoms with E-state index < -0.39 is 11.9 Å². The molecule has 0 bridgehead atoms. The average Bonchev–Trinajstić information content (AvgIpc) is 2.25. The van der Waals surface area contributed by atoms with Crippen molar-refractivity contribution in [2.45, 2.75) is 20.0 Å². The summed E-state index contributed by atoms with van der Waals surface area (Å²) in [5.74, 6) is 0. The van der Waals surface area contributed by atoms with E-state index in [1.807, 2.05) is 0 Å². The van der Waals surface area contributed by atoms with E-state index in [0.717, 1.165) is 6.20 Å². The third kappa shape index (κ3) is 2.83. The highest BCUT2D eigenvalue weighted by Crippen LogP contribution is 2.31. The molecule has 100 valence electrons. The van der Waals surface area contributed by atoms with Crippen LogP contribution in [0.2, 0.25) is 0 Å². The topological polar surface area (TPSA) is 45.8 Å². The van der Waals surface area contributed by atoms with Crippen molar-refractivity contribution in [3.8, 4) is 11.3 Å². The molecule has 2 heterocycles. The van der Waals surface area contributed by atoms with Crippen LogP contribution in [-0.2, 0) is 6.18 Å². The lowest BCUT2D eigenvalue weighted by Gasteiger charge is -2.10. The molecular weight excluding hydrogens is 257 g/mol. The molecule has 0 radical (unpaired) electrons. The number of aromatic amines is 1. The lowest BCUT2D eigenvalue weighted by Crippen LogP contribution is -2.10. The summed E-state index contributed by atoms with van der Waals surface area (Å²) in [5, 5.41) is 0. The Balaban J connectivity index is 2.53. The Kier molecular flexibility index (Phi) is 3.18. The van der Waals surface area contributed by atoms with Gasteiger partial charge in [-0.25, -0.2) is 0 Å². The second-order valence-electron chi connectivity index (χ2n) is 4.30. The van der Waals surface area contributed by atoms with Gasteiger partial charge in [-0.05, 0) is 25.5 Å². The summed E-state index contributed by atoms with van der Waals surface area (Å²) in [6, 6.07) is 4.10. The number of rotatable bonds is 1. The van der Waals surface area contributed by atoms with E-state index in [2.05, 4.69) is 9.97 Å². The maximum absolute atomic E-state index is 12.6. The van der Waals surface area contributed by atoms with Crippen LogP contribution in [0.4, 0.5) is 13.2 Å². The van der Waals surface area contributed by atoms with Crippen LogP contribution in [0.25, 0.3) is 11.3 Å². The quantitative estimate of drug-likeness (QED) is 0.863. The number of hydrogen-bond acceptors (Lipinski definition) is 2. The molecule has 0 atom stereocenters. The van der Waals surface area contributed by atoms with Crippen molar-refractivity contribution in [1.82, 2.24) is 9.97 Å². The second kappa shape index (κ2) is 4.53. The Hall–Kier alpha value is -2.11. The number of aryl methyl sites for hydroxylation is 2. The standard InChI is InChI=1S/C13H11F3N2O/c1-7-3-9(6-17-12(7)13(14,15)16)11-5-10(19)4-8(2)18-11/h3-6H,1-2H3,(H,18,19). The van der Waals surface area contributed by atoms with Crippen LogP contribution >= 0.6 is 0 Å². The molecular formula is C13H11F3N2O. The molecule has 0 fully saturated rings. The summed E-state index contributed by atoms with van der Waals surface area (Å²) >= 11 is 0. The minimum atomic E-state index is -4.47. The van der Waals surface area contributed by atoms with E-state index in [4.69, 9.17) is 0 Å². The third-order valence-corrected chi connectivity index (χ3v) is 2.63. The van der Waals surface area contributed by atoms with Crippen molar-refractivity contribution >= 4 is 0 Å². The molecule has 3 nitrogen and oxygen atoms in total. The van der Waals surface area contributed by atoms with Crippen molar-refractivity contribution in [1.29, 1.82) is 0 Å². The summed E-state index contributed by atoms with van der Waals surface area (Å²) < 4.78 is 37.8. The molecule has 0 saturated heterocycles. The van der Waals surface area contributed by atoms with E-state index in [9.17, 15) is 18.0 Å². The summed E-state index contributed by atoms with van der Waals surface area (Å²) in [5.41, 5.74) is 0.447. The van der Waals surface area contributed by atoms with Crippen LogP contribution in [0, 0.1) is 13.8 Å². The second-order valence-corrected chi connectivity index (χ2v) is 4.30. The first-order chi connectivity index (χ1) is 8.77. The van der Waals surface area contributed by atoms with Gasteiger partial charge in [-0.15, -0.1) is 0 Å². The molecule has 19 heavy (non-hydrogen) atoms. The van der Waals surface area contributed by atoms with Gasteiger partial charge in [-0.2, -0.15) is 13.2 Å². The highest BCUT2D eigenvalue weighted by Gasteiger charge is 2.34. The molecule has 0 aliphatic rings. The summed E-state index contributed by atoms with van der Waals surface area (Å²) in [6.07, 6.45) is -3.36. The van der Waals surface area contributed by atoms with Gasteiger partial charge in [-0.3, -0.25) is 9.78 Å². The van der Waals surface area contributed by atoms with Gasteiger partial charge in [0, 0.05) is 29.6 Å². The Bertz CT molecular complexity index is 674. The van der Waals surface area contributed by atoms with Crippen LogP contribution < -0.4 is 5.43 Å². The van der Waals surface area contributed by atoms with Gasteiger partial charge < -0.3 is 4.98 Å². The zero-order valence-electron chi connectivity index (χ0n) is 10.3. The van der Waals surface area contributed by atoms with Crippen molar-refractivity contribution < 1.29 is 13.2 Å². The van der Waals surface area contributed by atoms with Crippen molar-refractivity contribution in [3.63, 3.8) is 0 Å². The molecule has 0 unspecified atom stereocenters. The molecule has 0 aromatic carbocycles. The number of pyridine rings is 2. The molecule has 2 aromatic rings. The molecule has 0 aliphatic carbocycles. The number of nitrogens with zero attached hydrogens (tertiary/aromatic N) is 1. The zero-order valence-corrected chi connectivity index (χ0v) is 10.3. The predicted molar refractivity (Wildman–Crippen MR) is 64.8 cm³/mol. The predicted octanol–water partition coefficient (Wildman–Crippen LogP) is 3.07. The average molecular weight is 268 g/mol. The fourth-order valence-electron chi connectivity index (χ4n) is 1.86. The first-order valence-electron chi connectivity index (χ1n) is 5.52. The third-order valence-electron chi connectivity index (χ3n) is 2.63. The largest absolute Gasteiger partial charge is 0.433 e. The van der Waals surface area contributed by atoms with Crippen molar-refractivity contribution in [2.75, 3.05) is 0 Å². The summed E-state index contributed by atoms with van der Waals surface area (Å²) in [6.45, 7) is 3.04. The van der Waals surface area contributed by atoms with Crippen LogP contribution in [0.1, 0.15) is 17.0 Å². The molecule has 0 aliphatic heterocycles. The Morgan fingerprint density at radius 3 is 2.37 bits per heavy atom. The van der Waals surface area contributed by atoms with Crippen LogP contribution in [0.5, 0.6) is 0 Å². The lowest BCUT2D eigenvalue weighted by atomic mass is 10.1. The van der Waals surface area contributed by atoms with Gasteiger partial charge >= 0.3 is 6.18 Å². The monoisotopic (exact) mass is 268 g/mol. The number of aromatic nitrogens is 2. The van der Waals surface area contributed by atoms with E-state index in [0.29, 0.717) is 17.0 Å². The molecule has 0 amide bonds. The van der Waals surface area contributed by atoms with E-state index in [-0.39, 0.29) is 11.0 Å². The molecule has 0 spiro atoms. The Morgan fingerprint density at radius 2 is 1.84 bits per heavy atom. The maximum Gasteiger partial charge on any atom is 0.433 e. The smallest absolute Gasteiger partial charge is 0.358 e. The van der Waals surface area contributed by atoms with Crippen molar-refractivity contribution in [2.24, 2.45) is 0 Å². The lowest BCUT2D eigenvalue weighted by molar-refractivity contribution is -0.141. The number of H-pyrrole nitrogens is 1. The fourth-order valence-corrected chi connectivity index (χ4v) is 1.86. The molecule has 2 aromatic heterocycles. The van der Waals surface area contributed by atoms with Gasteiger partial charge in [0.15, 0.2) is 5.43 Å². The Labute approximate surface area is 107 Å². The first kappa shape index (κ1) is 13.3. The van der Waals surface area contributed by atoms with Gasteiger partial charge in [0.05, 0.1) is 5.69 Å². The summed E-state index contributed by atoms with van der Waals surface area (Å²) in [4.78, 5) is 17.7. The first-order valence-corrected chi connectivity index (χ1v) is 5.52. The minimum absolute atomic E-state index is 0.0207. The van der Waals surface area contributed by atoms with Gasteiger partial charge in [0.25, 0.3) is 0 Å². The minimum Gasteiger partial charge on any atom is -0.358 e. The molecule has 0 saturated carbocycles. The molecule has 1 N–H and O–H groups in total. The fraction of sp³-hybridized carbons (Fsp3) is 0.231. The number of alkyl halides is 3. The van der Waals surface area contributed by atoms with Crippen LogP contribution in [0.3, 0.4) is 0 Å². The SMILES string of the molecule is Cc1cc(=O)cc(-c2cnc(C(F)(F)F)c(C)c2)[nH]1. The highest BCUT2D eigenvalue weighted by molar-refractivity contribution is 5.59. The number of nitrogens with one attached hydrogen (secondary N) is 1. The maximum atomic E-state index is 12.6. The number of hydrogen-bond donors (Lipinski definition) is 1. The highest BCUT2D eigenvalue weighted by atomic mass is 19.4. The van der Waals surface area contributed by atoms with E-state index in [1.54, 1.807) is 6.92 Å². The summed E-state index contributed by atoms with van der Waals surface area (Å²) in [7, 11) is 0. The van der Waals surface area contributed by atoms with Crippen LogP contribution in [0.15, 0.2) is 29.2 Å². The van der Waals surface area contributed by atoms with E-state index in [1.165, 1.54) is 25.1 Å². The molecule has 2 rings (SSSR count). The van der Waals surface area contributed by atoms with Gasteiger partial charge in [0.2, 0.25) is 0 Å². The van der Waals surface area contributed by atoms with Crippen molar-refractivity contribution in [3.05, 3.63) is 51.6 Å². The van der Waals surface area contributed by atoms with Crippen LogP contribution in [-0.4, -0.2) is 9.97 Å². The normalized spacial score (nSPS) is 11.6. The zero-order chi connectivity index (χ0) is 14.2. The van der Waals surface area contributed by atoms with Gasteiger partial charge in [0.1, 0.15) is 5.69 Å². The van der Waals surface area contributed by atoms with E-state index >= 15 is 0 Å². The Morgan fingerprint density at radius 1 is 1.16 bits per heavy atom.